The molecule has 0 aromatic carbocycles. The molecule has 3 saturated carbocycles. The minimum Gasteiger partial charge on any atom is -0.311 e. The van der Waals surface area contributed by atoms with Gasteiger partial charge < -0.3 is 5.32 Å². The summed E-state index contributed by atoms with van der Waals surface area (Å²) in [6.45, 7) is 19.0. The van der Waals surface area contributed by atoms with Crippen LogP contribution in [-0.2, 0) is 9.59 Å². The third-order valence-corrected chi connectivity index (χ3v) is 12.4. The SMILES string of the molecule is CCN[C@]12CCC(C)(C)C[C@H]1[C@H]1C(=O)C=C3[C@@]4(C)C=C(C#N)C(=O)C(C)(C)[C@@H]4CC[C@@]3(C)[C@]1(C)CC2. The second-order valence-corrected chi connectivity index (χ2v) is 14.9. The fourth-order valence-corrected chi connectivity index (χ4v) is 10.3. The number of nitrogens with zero attached hydrogens (tertiary/aromatic N) is 1. The van der Waals surface area contributed by atoms with E-state index in [1.807, 2.05) is 26.0 Å². The van der Waals surface area contributed by atoms with E-state index in [9.17, 15) is 14.9 Å². The Kier molecular flexibility index (Phi) is 5.51. The Morgan fingerprint density at radius 2 is 1.67 bits per heavy atom. The molecule has 0 aromatic rings. The van der Waals surface area contributed by atoms with Crippen LogP contribution < -0.4 is 5.32 Å². The van der Waals surface area contributed by atoms with Crippen molar-refractivity contribution in [2.75, 3.05) is 6.54 Å². The first-order valence-corrected chi connectivity index (χ1v) is 14.3. The molecule has 0 saturated heterocycles. The number of Topliss-reactive ketones (excluding diaryl/α,β-unsaturated/α-hetero) is 1. The highest BCUT2D eigenvalue weighted by Gasteiger charge is 2.69. The standard InChI is InChI=1S/C32H46N2O2/c1-9-34-32-14-12-27(2,3)18-21(32)25-22(35)16-24-29(6)17-20(19-33)26(36)28(4,5)23(29)10-11-30(24,7)31(25,8)13-15-32/h16-17,21,23,25,34H,9-15,18H2,1-8H3/t21-,23-,25-,29-,30+,31+,32-/m0/s1. The zero-order valence-corrected chi connectivity index (χ0v) is 23.8. The van der Waals surface area contributed by atoms with Crippen LogP contribution in [0.3, 0.4) is 0 Å². The van der Waals surface area contributed by atoms with Crippen LogP contribution in [0.2, 0.25) is 0 Å². The smallest absolute Gasteiger partial charge is 0.178 e. The van der Waals surface area contributed by atoms with Gasteiger partial charge in [0.2, 0.25) is 0 Å². The minimum absolute atomic E-state index is 0.0106. The lowest BCUT2D eigenvalue weighted by molar-refractivity contribution is -0.161. The molecule has 0 radical (unpaired) electrons. The average Bonchev–Trinajstić information content (AvgIpc) is 2.79. The zero-order valence-electron chi connectivity index (χ0n) is 23.8. The van der Waals surface area contributed by atoms with E-state index in [-0.39, 0.29) is 50.8 Å². The van der Waals surface area contributed by atoms with Gasteiger partial charge in [-0.1, -0.05) is 67.0 Å². The molecule has 4 nitrogen and oxygen atoms in total. The molecular weight excluding hydrogens is 444 g/mol. The van der Waals surface area contributed by atoms with Gasteiger partial charge in [-0.3, -0.25) is 9.59 Å². The van der Waals surface area contributed by atoms with Gasteiger partial charge in [-0.05, 0) is 85.6 Å². The van der Waals surface area contributed by atoms with Crippen LogP contribution in [0.4, 0.5) is 0 Å². The maximum atomic E-state index is 14.4. The van der Waals surface area contributed by atoms with Crippen LogP contribution >= 0.6 is 0 Å². The molecule has 0 aromatic heterocycles. The van der Waals surface area contributed by atoms with Crippen molar-refractivity contribution in [2.45, 2.75) is 106 Å². The Morgan fingerprint density at radius 1 is 1.00 bits per heavy atom. The van der Waals surface area contributed by atoms with Crippen molar-refractivity contribution >= 4 is 11.6 Å². The topological polar surface area (TPSA) is 70.0 Å². The van der Waals surface area contributed by atoms with Crippen LogP contribution in [0.25, 0.3) is 0 Å². The van der Waals surface area contributed by atoms with E-state index in [4.69, 9.17) is 0 Å². The predicted molar refractivity (Wildman–Crippen MR) is 143 cm³/mol. The fraction of sp³-hybridized carbons (Fsp3) is 0.781. The van der Waals surface area contributed by atoms with Crippen molar-refractivity contribution in [1.82, 2.24) is 5.32 Å². The van der Waals surface area contributed by atoms with E-state index in [0.717, 1.165) is 45.1 Å². The van der Waals surface area contributed by atoms with Gasteiger partial charge in [0, 0.05) is 22.3 Å². The number of ketones is 2. The van der Waals surface area contributed by atoms with E-state index in [1.165, 1.54) is 12.0 Å². The summed E-state index contributed by atoms with van der Waals surface area (Å²) in [5, 5.41) is 13.8. The molecule has 7 atom stereocenters. The molecule has 196 valence electrons. The second kappa shape index (κ2) is 7.66. The Balaban J connectivity index is 1.69. The summed E-state index contributed by atoms with van der Waals surface area (Å²) in [6.07, 6.45) is 11.5. The summed E-state index contributed by atoms with van der Waals surface area (Å²) < 4.78 is 0. The van der Waals surface area contributed by atoms with Crippen molar-refractivity contribution in [3.63, 3.8) is 0 Å². The Hall–Kier alpha value is -1.73. The van der Waals surface area contributed by atoms with Gasteiger partial charge in [-0.2, -0.15) is 5.26 Å². The average molecular weight is 491 g/mol. The maximum Gasteiger partial charge on any atom is 0.178 e. The van der Waals surface area contributed by atoms with Gasteiger partial charge in [-0.25, -0.2) is 0 Å². The van der Waals surface area contributed by atoms with Crippen molar-refractivity contribution in [2.24, 2.45) is 44.8 Å². The molecule has 0 bridgehead atoms. The Bertz CT molecular complexity index is 1120. The molecule has 0 amide bonds. The molecule has 0 heterocycles. The van der Waals surface area contributed by atoms with Gasteiger partial charge in [0.1, 0.15) is 6.07 Å². The number of carbonyl (C=O) groups excluding carboxylic acids is 2. The first kappa shape index (κ1) is 25.9. The maximum absolute atomic E-state index is 14.4. The lowest BCUT2D eigenvalue weighted by Gasteiger charge is -2.69. The highest BCUT2D eigenvalue weighted by atomic mass is 16.1. The summed E-state index contributed by atoms with van der Waals surface area (Å²) in [4.78, 5) is 27.6. The largest absolute Gasteiger partial charge is 0.311 e. The Labute approximate surface area is 218 Å². The van der Waals surface area contributed by atoms with Crippen molar-refractivity contribution in [3.8, 4) is 6.07 Å². The number of rotatable bonds is 2. The van der Waals surface area contributed by atoms with E-state index in [0.29, 0.717) is 5.92 Å². The van der Waals surface area contributed by atoms with E-state index >= 15 is 0 Å². The van der Waals surface area contributed by atoms with Crippen LogP contribution in [0.15, 0.2) is 23.3 Å². The molecule has 4 heteroatoms. The lowest BCUT2D eigenvalue weighted by Crippen LogP contribution is -2.69. The molecule has 5 aliphatic carbocycles. The molecule has 5 aliphatic rings. The van der Waals surface area contributed by atoms with Crippen molar-refractivity contribution in [1.29, 1.82) is 5.26 Å². The summed E-state index contributed by atoms with van der Waals surface area (Å²) in [6, 6.07) is 2.21. The number of nitriles is 1. The minimum atomic E-state index is -0.613. The molecule has 0 aliphatic heterocycles. The number of nitrogens with one attached hydrogen (secondary N) is 1. The number of hydrogen-bond acceptors (Lipinski definition) is 4. The van der Waals surface area contributed by atoms with Gasteiger partial charge >= 0.3 is 0 Å². The van der Waals surface area contributed by atoms with E-state index in [1.54, 1.807) is 0 Å². The number of hydrogen-bond donors (Lipinski definition) is 1. The summed E-state index contributed by atoms with van der Waals surface area (Å²) in [7, 11) is 0. The Morgan fingerprint density at radius 3 is 2.31 bits per heavy atom. The zero-order chi connectivity index (χ0) is 26.5. The van der Waals surface area contributed by atoms with Gasteiger partial charge in [0.25, 0.3) is 0 Å². The molecule has 5 rings (SSSR count). The third-order valence-electron chi connectivity index (χ3n) is 12.4. The van der Waals surface area contributed by atoms with Gasteiger partial charge in [0.15, 0.2) is 11.6 Å². The molecule has 0 unspecified atom stereocenters. The highest BCUT2D eigenvalue weighted by molar-refractivity contribution is 6.04. The summed E-state index contributed by atoms with van der Waals surface area (Å²) in [5.41, 5.74) is 0.422. The fourth-order valence-electron chi connectivity index (χ4n) is 10.3. The van der Waals surface area contributed by atoms with Crippen molar-refractivity contribution in [3.05, 3.63) is 23.3 Å². The molecule has 0 spiro atoms. The van der Waals surface area contributed by atoms with E-state index in [2.05, 4.69) is 52.9 Å². The molecule has 36 heavy (non-hydrogen) atoms. The quantitative estimate of drug-likeness (QED) is 0.475. The second-order valence-electron chi connectivity index (χ2n) is 14.9. The van der Waals surface area contributed by atoms with E-state index < -0.39 is 10.8 Å². The van der Waals surface area contributed by atoms with Crippen LogP contribution in [-0.4, -0.2) is 23.7 Å². The first-order valence-electron chi connectivity index (χ1n) is 14.3. The summed E-state index contributed by atoms with van der Waals surface area (Å²) in [5.74, 6) is 0.692. The normalized spacial score (nSPS) is 46.8. The van der Waals surface area contributed by atoms with Crippen LogP contribution in [0, 0.1) is 56.2 Å². The van der Waals surface area contributed by atoms with Crippen LogP contribution in [0.1, 0.15) is 100 Å². The van der Waals surface area contributed by atoms with Gasteiger partial charge in [0.05, 0.1) is 5.57 Å². The highest BCUT2D eigenvalue weighted by Crippen LogP contribution is 2.73. The number of allylic oxidation sites excluding steroid dienone is 4. The van der Waals surface area contributed by atoms with Gasteiger partial charge in [-0.15, -0.1) is 0 Å². The predicted octanol–water partition coefficient (Wildman–Crippen LogP) is 6.57. The number of carbonyl (C=O) groups is 2. The molecule has 3 fully saturated rings. The third kappa shape index (κ3) is 3.08. The van der Waals surface area contributed by atoms with Crippen molar-refractivity contribution < 1.29 is 9.59 Å². The monoisotopic (exact) mass is 490 g/mol. The van der Waals surface area contributed by atoms with Crippen LogP contribution in [0.5, 0.6) is 0 Å². The molecule has 1 N–H and O–H groups in total. The lowest BCUT2D eigenvalue weighted by atomic mass is 9.35. The first-order chi connectivity index (χ1) is 16.6. The number of fused-ring (bicyclic) bond motifs is 7. The molecular formula is C32H46N2O2. The summed E-state index contributed by atoms with van der Waals surface area (Å²) >= 11 is 0.